The molecule has 0 bridgehead atoms. The Balaban J connectivity index is 1.99. The number of nitrogens with one attached hydrogen (secondary N) is 2. The standard InChI is InChI=1S/C14H23N3O2S/c1-9(16-13(18)19-14(2,3)4)11-17-10-7-5-6-8-15-12(10)20-11/h9,15H,5-8H2,1-4H3,(H,16,18). The second-order valence-corrected chi connectivity index (χ2v) is 7.11. The summed E-state index contributed by atoms with van der Waals surface area (Å²) in [6.45, 7) is 8.50. The van der Waals surface area contributed by atoms with Gasteiger partial charge in [-0.05, 0) is 47.0 Å². The molecule has 0 aromatic carbocycles. The van der Waals surface area contributed by atoms with Crippen molar-refractivity contribution in [2.45, 2.75) is 58.6 Å². The topological polar surface area (TPSA) is 63.2 Å². The number of hydrogen-bond donors (Lipinski definition) is 2. The Morgan fingerprint density at radius 1 is 1.45 bits per heavy atom. The highest BCUT2D eigenvalue weighted by atomic mass is 32.1. The van der Waals surface area contributed by atoms with E-state index in [1.807, 2.05) is 27.7 Å². The summed E-state index contributed by atoms with van der Waals surface area (Å²) in [5, 5.41) is 8.32. The number of fused-ring (bicyclic) bond motifs is 1. The third kappa shape index (κ3) is 4.10. The number of nitrogens with zero attached hydrogens (tertiary/aromatic N) is 1. The minimum Gasteiger partial charge on any atom is -0.444 e. The van der Waals surface area contributed by atoms with Crippen molar-refractivity contribution in [2.24, 2.45) is 0 Å². The second kappa shape index (κ2) is 5.99. The van der Waals surface area contributed by atoms with E-state index >= 15 is 0 Å². The lowest BCUT2D eigenvalue weighted by molar-refractivity contribution is 0.0508. The molecule has 1 amide bonds. The fourth-order valence-corrected chi connectivity index (χ4v) is 3.07. The van der Waals surface area contributed by atoms with Gasteiger partial charge in [0.2, 0.25) is 0 Å². The van der Waals surface area contributed by atoms with Gasteiger partial charge in [-0.1, -0.05) is 11.3 Å². The maximum Gasteiger partial charge on any atom is 0.408 e. The van der Waals surface area contributed by atoms with E-state index in [1.165, 1.54) is 6.42 Å². The Bertz CT molecular complexity index is 456. The molecule has 0 radical (unpaired) electrons. The smallest absolute Gasteiger partial charge is 0.408 e. The van der Waals surface area contributed by atoms with Crippen molar-refractivity contribution in [1.29, 1.82) is 0 Å². The second-order valence-electron chi connectivity index (χ2n) is 6.08. The number of amides is 1. The molecule has 0 spiro atoms. The van der Waals surface area contributed by atoms with E-state index in [2.05, 4.69) is 15.6 Å². The number of carbonyl (C=O) groups is 1. The van der Waals surface area contributed by atoms with Crippen molar-refractivity contribution in [3.05, 3.63) is 10.7 Å². The SMILES string of the molecule is CC(NC(=O)OC(C)(C)C)c1nc2c(s1)NCCCC2. The zero-order chi connectivity index (χ0) is 14.8. The average Bonchev–Trinajstić information content (AvgIpc) is 2.58. The predicted molar refractivity (Wildman–Crippen MR) is 81.3 cm³/mol. The molecule has 5 nitrogen and oxygen atoms in total. The largest absolute Gasteiger partial charge is 0.444 e. The first kappa shape index (κ1) is 15.1. The molecule has 0 fully saturated rings. The van der Waals surface area contributed by atoms with Gasteiger partial charge in [0.05, 0.1) is 11.7 Å². The number of rotatable bonds is 2. The molecule has 2 N–H and O–H groups in total. The van der Waals surface area contributed by atoms with Crippen molar-refractivity contribution >= 4 is 22.4 Å². The molecule has 0 saturated carbocycles. The van der Waals surface area contributed by atoms with Gasteiger partial charge in [0.15, 0.2) is 0 Å². The normalized spacial score (nSPS) is 16.6. The van der Waals surface area contributed by atoms with Gasteiger partial charge in [-0.2, -0.15) is 0 Å². The number of ether oxygens (including phenoxy) is 1. The van der Waals surface area contributed by atoms with Crippen LogP contribution in [-0.4, -0.2) is 23.2 Å². The highest BCUT2D eigenvalue weighted by Crippen LogP contribution is 2.31. The van der Waals surface area contributed by atoms with Crippen LogP contribution in [0.15, 0.2) is 0 Å². The molecular formula is C14H23N3O2S. The van der Waals surface area contributed by atoms with Crippen molar-refractivity contribution in [2.75, 3.05) is 11.9 Å². The number of aryl methyl sites for hydroxylation is 1. The molecule has 1 aromatic heterocycles. The van der Waals surface area contributed by atoms with Crippen LogP contribution in [-0.2, 0) is 11.2 Å². The number of thiazole rings is 1. The van der Waals surface area contributed by atoms with Crippen LogP contribution in [0.2, 0.25) is 0 Å². The van der Waals surface area contributed by atoms with E-state index in [1.54, 1.807) is 11.3 Å². The van der Waals surface area contributed by atoms with E-state index in [0.717, 1.165) is 35.1 Å². The first-order valence-corrected chi connectivity index (χ1v) is 7.90. The fraction of sp³-hybridized carbons (Fsp3) is 0.714. The van der Waals surface area contributed by atoms with E-state index in [0.29, 0.717) is 0 Å². The van der Waals surface area contributed by atoms with Crippen LogP contribution in [0.3, 0.4) is 0 Å². The van der Waals surface area contributed by atoms with E-state index < -0.39 is 11.7 Å². The predicted octanol–water partition coefficient (Wildman–Crippen LogP) is 3.48. The molecule has 1 aliphatic heterocycles. The van der Waals surface area contributed by atoms with Gasteiger partial charge >= 0.3 is 6.09 Å². The summed E-state index contributed by atoms with van der Waals surface area (Å²) < 4.78 is 5.26. The molecule has 1 aromatic rings. The molecule has 112 valence electrons. The maximum atomic E-state index is 11.8. The van der Waals surface area contributed by atoms with Crippen molar-refractivity contribution in [3.8, 4) is 0 Å². The van der Waals surface area contributed by atoms with Crippen LogP contribution in [0.25, 0.3) is 0 Å². The summed E-state index contributed by atoms with van der Waals surface area (Å²) in [4.78, 5) is 16.4. The lowest BCUT2D eigenvalue weighted by atomic mass is 10.2. The van der Waals surface area contributed by atoms with Crippen LogP contribution in [0.4, 0.5) is 9.80 Å². The van der Waals surface area contributed by atoms with Gasteiger partial charge in [0, 0.05) is 6.54 Å². The summed E-state index contributed by atoms with van der Waals surface area (Å²) in [7, 11) is 0. The van der Waals surface area contributed by atoms with Gasteiger partial charge in [0.1, 0.15) is 15.6 Å². The Labute approximate surface area is 124 Å². The Morgan fingerprint density at radius 2 is 2.20 bits per heavy atom. The molecule has 20 heavy (non-hydrogen) atoms. The highest BCUT2D eigenvalue weighted by Gasteiger charge is 2.21. The Hall–Kier alpha value is -1.30. The summed E-state index contributed by atoms with van der Waals surface area (Å²) in [5.74, 6) is 0. The lowest BCUT2D eigenvalue weighted by Gasteiger charge is -2.21. The number of alkyl carbamates (subject to hydrolysis) is 1. The van der Waals surface area contributed by atoms with E-state index in [9.17, 15) is 4.79 Å². The zero-order valence-corrected chi connectivity index (χ0v) is 13.4. The highest BCUT2D eigenvalue weighted by molar-refractivity contribution is 7.16. The number of carbonyl (C=O) groups excluding carboxylic acids is 1. The molecule has 0 aliphatic carbocycles. The third-order valence-electron chi connectivity index (χ3n) is 2.94. The number of aromatic nitrogens is 1. The average molecular weight is 297 g/mol. The molecule has 1 atom stereocenters. The number of anilines is 1. The minimum atomic E-state index is -0.481. The van der Waals surface area contributed by atoms with Crippen LogP contribution >= 0.6 is 11.3 Å². The molecule has 1 unspecified atom stereocenters. The summed E-state index contributed by atoms with van der Waals surface area (Å²) in [5.41, 5.74) is 0.645. The zero-order valence-electron chi connectivity index (χ0n) is 12.6. The van der Waals surface area contributed by atoms with E-state index in [-0.39, 0.29) is 6.04 Å². The van der Waals surface area contributed by atoms with Crippen LogP contribution < -0.4 is 10.6 Å². The first-order valence-electron chi connectivity index (χ1n) is 7.08. The molecule has 1 aliphatic rings. The van der Waals surface area contributed by atoms with Crippen LogP contribution in [0.1, 0.15) is 57.3 Å². The molecule has 6 heteroatoms. The quantitative estimate of drug-likeness (QED) is 0.877. The van der Waals surface area contributed by atoms with Crippen LogP contribution in [0.5, 0.6) is 0 Å². The Morgan fingerprint density at radius 3 is 2.90 bits per heavy atom. The van der Waals surface area contributed by atoms with Crippen molar-refractivity contribution < 1.29 is 9.53 Å². The van der Waals surface area contributed by atoms with Gasteiger partial charge < -0.3 is 15.4 Å². The Kier molecular flexibility index (Phi) is 4.52. The monoisotopic (exact) mass is 297 g/mol. The summed E-state index contributed by atoms with van der Waals surface area (Å²) in [6, 6.07) is -0.136. The first-order chi connectivity index (χ1) is 9.35. The molecular weight excluding hydrogens is 274 g/mol. The van der Waals surface area contributed by atoms with Crippen molar-refractivity contribution in [1.82, 2.24) is 10.3 Å². The number of hydrogen-bond acceptors (Lipinski definition) is 5. The third-order valence-corrected chi connectivity index (χ3v) is 4.18. The fourth-order valence-electron chi connectivity index (χ4n) is 2.03. The molecule has 0 saturated heterocycles. The van der Waals surface area contributed by atoms with Crippen LogP contribution in [0, 0.1) is 0 Å². The molecule has 2 rings (SSSR count). The lowest BCUT2D eigenvalue weighted by Crippen LogP contribution is -2.34. The van der Waals surface area contributed by atoms with Gasteiger partial charge in [-0.25, -0.2) is 9.78 Å². The maximum absolute atomic E-state index is 11.8. The van der Waals surface area contributed by atoms with Gasteiger partial charge in [0.25, 0.3) is 0 Å². The van der Waals surface area contributed by atoms with Crippen molar-refractivity contribution in [3.63, 3.8) is 0 Å². The van der Waals surface area contributed by atoms with Gasteiger partial charge in [-0.15, -0.1) is 0 Å². The summed E-state index contributed by atoms with van der Waals surface area (Å²) in [6.07, 6.45) is 2.96. The minimum absolute atomic E-state index is 0.136. The summed E-state index contributed by atoms with van der Waals surface area (Å²) >= 11 is 1.62. The van der Waals surface area contributed by atoms with E-state index in [4.69, 9.17) is 4.74 Å². The molecule has 2 heterocycles. The van der Waals surface area contributed by atoms with Gasteiger partial charge in [-0.3, -0.25) is 0 Å².